The Bertz CT molecular complexity index is 869. The summed E-state index contributed by atoms with van der Waals surface area (Å²) in [6.07, 6.45) is 2.88. The van der Waals surface area contributed by atoms with Gasteiger partial charge in [0.1, 0.15) is 5.69 Å². The molecule has 0 radical (unpaired) electrons. The van der Waals surface area contributed by atoms with Crippen molar-refractivity contribution in [3.8, 4) is 0 Å². The van der Waals surface area contributed by atoms with Gasteiger partial charge in [-0.2, -0.15) is 0 Å². The number of nitrogens with zero attached hydrogens (tertiary/aromatic N) is 1. The van der Waals surface area contributed by atoms with Crippen LogP contribution in [0.4, 0.5) is 15.8 Å². The molecule has 0 saturated heterocycles. The van der Waals surface area contributed by atoms with E-state index in [1.807, 2.05) is 0 Å². The Labute approximate surface area is 167 Å². The van der Waals surface area contributed by atoms with Crippen LogP contribution in [0, 0.1) is 5.82 Å². The molecule has 0 spiro atoms. The van der Waals surface area contributed by atoms with Crippen molar-refractivity contribution in [3.63, 3.8) is 0 Å². The van der Waals surface area contributed by atoms with Crippen LogP contribution in [0.2, 0.25) is 5.02 Å². The number of nitrogens with two attached hydrogens (primary N) is 1. The molecule has 6 nitrogen and oxygen atoms in total. The summed E-state index contributed by atoms with van der Waals surface area (Å²) in [6, 6.07) is 0.996. The van der Waals surface area contributed by atoms with Crippen molar-refractivity contribution in [1.29, 1.82) is 0 Å². The van der Waals surface area contributed by atoms with Crippen molar-refractivity contribution in [1.82, 2.24) is 0 Å². The zero-order valence-corrected chi connectivity index (χ0v) is 16.6. The summed E-state index contributed by atoms with van der Waals surface area (Å²) < 4.78 is 19.9. The van der Waals surface area contributed by atoms with Crippen LogP contribution in [0.1, 0.15) is 57.4 Å². The third-order valence-electron chi connectivity index (χ3n) is 5.21. The monoisotopic (exact) mass is 408 g/mol. The summed E-state index contributed by atoms with van der Waals surface area (Å²) in [5, 5.41) is -0.209. The van der Waals surface area contributed by atoms with Crippen LogP contribution in [-0.4, -0.2) is 24.4 Å². The van der Waals surface area contributed by atoms with E-state index < -0.39 is 29.5 Å². The van der Waals surface area contributed by atoms with E-state index in [1.54, 1.807) is 13.8 Å². The zero-order valence-electron chi connectivity index (χ0n) is 15.8. The molecule has 2 aliphatic rings. The van der Waals surface area contributed by atoms with Gasteiger partial charge in [0.25, 0.3) is 11.8 Å². The van der Waals surface area contributed by atoms with Crippen molar-refractivity contribution in [2.75, 3.05) is 17.2 Å². The van der Waals surface area contributed by atoms with Crippen LogP contribution in [0.5, 0.6) is 0 Å². The molecule has 0 aromatic heterocycles. The molecule has 28 heavy (non-hydrogen) atoms. The Kier molecular flexibility index (Phi) is 5.74. The van der Waals surface area contributed by atoms with Crippen LogP contribution < -0.4 is 10.6 Å². The molecule has 2 N–H and O–H groups in total. The van der Waals surface area contributed by atoms with Crippen LogP contribution >= 0.6 is 11.6 Å². The molecular weight excluding hydrogens is 387 g/mol. The van der Waals surface area contributed by atoms with E-state index >= 15 is 0 Å². The minimum Gasteiger partial charge on any atom is -0.466 e. The molecular formula is C20H22ClFN2O4. The van der Waals surface area contributed by atoms with E-state index in [-0.39, 0.29) is 28.6 Å². The first kappa shape index (κ1) is 20.3. The normalized spacial score (nSPS) is 17.8. The number of benzene rings is 1. The van der Waals surface area contributed by atoms with Crippen molar-refractivity contribution in [2.24, 2.45) is 0 Å². The summed E-state index contributed by atoms with van der Waals surface area (Å²) in [5.41, 5.74) is 6.59. The molecule has 0 fully saturated rings. The summed E-state index contributed by atoms with van der Waals surface area (Å²) in [4.78, 5) is 38.8. The van der Waals surface area contributed by atoms with E-state index in [2.05, 4.69) is 0 Å². The van der Waals surface area contributed by atoms with Crippen LogP contribution in [-0.2, 0) is 19.1 Å². The molecule has 3 rings (SSSR count). The summed E-state index contributed by atoms with van der Waals surface area (Å²) in [7, 11) is 0. The Morgan fingerprint density at radius 1 is 1.25 bits per heavy atom. The molecule has 2 amide bonds. The maximum absolute atomic E-state index is 14.8. The van der Waals surface area contributed by atoms with Gasteiger partial charge >= 0.3 is 5.97 Å². The molecule has 1 atom stereocenters. The molecule has 1 unspecified atom stereocenters. The topological polar surface area (TPSA) is 89.7 Å². The van der Waals surface area contributed by atoms with Gasteiger partial charge in [-0.25, -0.2) is 9.29 Å². The highest BCUT2D eigenvalue weighted by Crippen LogP contribution is 2.44. The van der Waals surface area contributed by atoms with Crippen molar-refractivity contribution in [3.05, 3.63) is 33.6 Å². The molecule has 0 bridgehead atoms. The summed E-state index contributed by atoms with van der Waals surface area (Å²) in [6.45, 7) is 3.58. The van der Waals surface area contributed by atoms with Gasteiger partial charge in [-0.05, 0) is 45.1 Å². The highest BCUT2D eigenvalue weighted by Gasteiger charge is 2.43. The maximum Gasteiger partial charge on any atom is 0.313 e. The second-order valence-corrected chi connectivity index (χ2v) is 7.22. The van der Waals surface area contributed by atoms with Crippen molar-refractivity contribution >= 4 is 40.8 Å². The molecule has 1 aliphatic heterocycles. The predicted octanol–water partition coefficient (Wildman–Crippen LogP) is 3.86. The van der Waals surface area contributed by atoms with Crippen LogP contribution in [0.25, 0.3) is 0 Å². The fourth-order valence-electron chi connectivity index (χ4n) is 3.87. The Hall–Kier alpha value is -2.41. The van der Waals surface area contributed by atoms with Gasteiger partial charge in [0.05, 0.1) is 17.5 Å². The van der Waals surface area contributed by atoms with Crippen LogP contribution in [0.15, 0.2) is 17.2 Å². The zero-order chi connectivity index (χ0) is 20.6. The average molecular weight is 409 g/mol. The second-order valence-electron chi connectivity index (χ2n) is 6.85. The number of halogens is 2. The van der Waals surface area contributed by atoms with Gasteiger partial charge in [-0.1, -0.05) is 18.5 Å². The number of ether oxygens (including phenoxy) is 1. The molecule has 1 aromatic carbocycles. The minimum atomic E-state index is -0.883. The SMILES string of the molecule is CCOC(=O)C(CC)c1c(N)cc(F)c(N2C(=O)C3=C(CCCC3)C2=O)c1Cl. The lowest BCUT2D eigenvalue weighted by molar-refractivity contribution is -0.145. The van der Waals surface area contributed by atoms with Crippen molar-refractivity contribution < 1.29 is 23.5 Å². The molecule has 0 saturated carbocycles. The molecule has 8 heteroatoms. The number of esters is 1. The fraction of sp³-hybridized carbons (Fsp3) is 0.450. The number of hydrogen-bond acceptors (Lipinski definition) is 5. The lowest BCUT2D eigenvalue weighted by atomic mass is 9.93. The number of carbonyl (C=O) groups excluding carboxylic acids is 3. The Morgan fingerprint density at radius 3 is 2.32 bits per heavy atom. The predicted molar refractivity (Wildman–Crippen MR) is 103 cm³/mol. The number of amides is 2. The van der Waals surface area contributed by atoms with Gasteiger partial charge in [0.15, 0.2) is 5.82 Å². The smallest absolute Gasteiger partial charge is 0.313 e. The molecule has 150 valence electrons. The highest BCUT2D eigenvalue weighted by atomic mass is 35.5. The first-order chi connectivity index (χ1) is 13.3. The first-order valence-electron chi connectivity index (χ1n) is 9.38. The van der Waals surface area contributed by atoms with Gasteiger partial charge in [0.2, 0.25) is 0 Å². The third kappa shape index (κ3) is 3.17. The number of carbonyl (C=O) groups is 3. The quantitative estimate of drug-likeness (QED) is 0.454. The van der Waals surface area contributed by atoms with E-state index in [9.17, 15) is 18.8 Å². The van der Waals surface area contributed by atoms with Gasteiger partial charge in [-0.3, -0.25) is 14.4 Å². The van der Waals surface area contributed by atoms with E-state index in [4.69, 9.17) is 22.1 Å². The van der Waals surface area contributed by atoms with Gasteiger partial charge in [0, 0.05) is 22.4 Å². The fourth-order valence-corrected chi connectivity index (χ4v) is 4.29. The lowest BCUT2D eigenvalue weighted by Crippen LogP contribution is -2.33. The van der Waals surface area contributed by atoms with E-state index in [1.165, 1.54) is 0 Å². The Balaban J connectivity index is 2.12. The average Bonchev–Trinajstić information content (AvgIpc) is 2.90. The number of imide groups is 1. The van der Waals surface area contributed by atoms with Gasteiger partial charge < -0.3 is 10.5 Å². The van der Waals surface area contributed by atoms with E-state index in [0.29, 0.717) is 30.4 Å². The third-order valence-corrected chi connectivity index (χ3v) is 5.59. The highest BCUT2D eigenvalue weighted by molar-refractivity contribution is 6.40. The van der Waals surface area contributed by atoms with Crippen molar-refractivity contribution in [2.45, 2.75) is 51.9 Å². The number of hydrogen-bond donors (Lipinski definition) is 1. The Morgan fingerprint density at radius 2 is 1.82 bits per heavy atom. The molecule has 1 heterocycles. The van der Waals surface area contributed by atoms with E-state index in [0.717, 1.165) is 23.8 Å². The minimum absolute atomic E-state index is 0.0250. The largest absolute Gasteiger partial charge is 0.466 e. The van der Waals surface area contributed by atoms with Crippen LogP contribution in [0.3, 0.4) is 0 Å². The molecule has 1 aliphatic carbocycles. The number of anilines is 2. The summed E-state index contributed by atoms with van der Waals surface area (Å²) >= 11 is 6.45. The second kappa shape index (κ2) is 7.91. The van der Waals surface area contributed by atoms with Gasteiger partial charge in [-0.15, -0.1) is 0 Å². The first-order valence-corrected chi connectivity index (χ1v) is 9.75. The number of nitrogen functional groups attached to an aromatic ring is 1. The number of rotatable bonds is 5. The molecule has 1 aromatic rings. The standard InChI is InChI=1S/C20H22ClFN2O4/c1-3-10(20(27)28-4-2)15-14(23)9-13(22)17(16(15)21)24-18(25)11-7-5-6-8-12(11)19(24)26/h9-10H,3-8,23H2,1-2H3. The lowest BCUT2D eigenvalue weighted by Gasteiger charge is -2.23. The summed E-state index contributed by atoms with van der Waals surface area (Å²) in [5.74, 6) is -3.37. The maximum atomic E-state index is 14.8.